The van der Waals surface area contributed by atoms with E-state index in [0.717, 1.165) is 35.1 Å². The first-order valence-electron chi connectivity index (χ1n) is 6.50. The number of rotatable bonds is 1. The zero-order valence-corrected chi connectivity index (χ0v) is 12.4. The van der Waals surface area contributed by atoms with E-state index in [1.165, 1.54) is 11.6 Å². The number of fused-ring (bicyclic) bond motifs is 1. The van der Waals surface area contributed by atoms with Crippen molar-refractivity contribution >= 4 is 15.9 Å². The van der Waals surface area contributed by atoms with E-state index in [2.05, 4.69) is 22.0 Å². The lowest BCUT2D eigenvalue weighted by atomic mass is 9.93. The number of aryl methyl sites for hydroxylation is 1. The summed E-state index contributed by atoms with van der Waals surface area (Å²) in [5.74, 6) is -0.213. The zero-order chi connectivity index (χ0) is 13.6. The molecule has 0 amide bonds. The van der Waals surface area contributed by atoms with Gasteiger partial charge in [-0.15, -0.1) is 0 Å². The van der Waals surface area contributed by atoms with Crippen LogP contribution in [-0.2, 0) is 6.42 Å². The maximum absolute atomic E-state index is 14.2. The van der Waals surface area contributed by atoms with Crippen molar-refractivity contribution in [2.45, 2.75) is 32.2 Å². The van der Waals surface area contributed by atoms with Gasteiger partial charge in [-0.05, 0) is 56.0 Å². The van der Waals surface area contributed by atoms with Crippen LogP contribution in [0, 0.1) is 12.7 Å². The standard InChI is InChI=1S/C15H16BrFN2/c1-9-7-11-13(18)3-2-4-14(11)19(9)15-6-5-10(16)8-12(15)17/h5-8,13H,2-4,18H2,1H3. The first-order valence-corrected chi connectivity index (χ1v) is 7.29. The van der Waals surface area contributed by atoms with Crippen molar-refractivity contribution in [1.82, 2.24) is 4.57 Å². The lowest BCUT2D eigenvalue weighted by molar-refractivity contribution is 0.555. The SMILES string of the molecule is Cc1cc2c(n1-c1ccc(Br)cc1F)CCCC2N. The molecule has 1 aromatic heterocycles. The summed E-state index contributed by atoms with van der Waals surface area (Å²) >= 11 is 3.29. The molecule has 0 radical (unpaired) electrons. The Balaban J connectivity index is 2.20. The first kappa shape index (κ1) is 12.9. The molecule has 1 atom stereocenters. The van der Waals surface area contributed by atoms with Crippen molar-refractivity contribution in [2.24, 2.45) is 5.73 Å². The van der Waals surface area contributed by atoms with E-state index in [1.54, 1.807) is 0 Å². The number of aromatic nitrogens is 1. The average Bonchev–Trinajstić information content (AvgIpc) is 2.68. The quantitative estimate of drug-likeness (QED) is 0.844. The molecule has 2 nitrogen and oxygen atoms in total. The second-order valence-corrected chi connectivity index (χ2v) is 6.03. The van der Waals surface area contributed by atoms with Crippen molar-refractivity contribution in [3.63, 3.8) is 0 Å². The lowest BCUT2D eigenvalue weighted by Crippen LogP contribution is -2.18. The molecular formula is C15H16BrFN2. The van der Waals surface area contributed by atoms with Gasteiger partial charge in [0.15, 0.2) is 0 Å². The van der Waals surface area contributed by atoms with Gasteiger partial charge < -0.3 is 10.3 Å². The van der Waals surface area contributed by atoms with Crippen LogP contribution < -0.4 is 5.73 Å². The number of halogens is 2. The number of nitrogens with two attached hydrogens (primary N) is 1. The van der Waals surface area contributed by atoms with Gasteiger partial charge in [0.25, 0.3) is 0 Å². The van der Waals surface area contributed by atoms with Crippen LogP contribution in [0.5, 0.6) is 0 Å². The fourth-order valence-corrected chi connectivity index (χ4v) is 3.27. The van der Waals surface area contributed by atoms with E-state index in [-0.39, 0.29) is 11.9 Å². The molecule has 0 spiro atoms. The Morgan fingerprint density at radius 3 is 2.89 bits per heavy atom. The number of nitrogens with zero attached hydrogens (tertiary/aromatic N) is 1. The fourth-order valence-electron chi connectivity index (χ4n) is 2.93. The molecule has 1 heterocycles. The van der Waals surface area contributed by atoms with E-state index in [4.69, 9.17) is 5.73 Å². The van der Waals surface area contributed by atoms with Crippen molar-refractivity contribution in [3.05, 3.63) is 51.5 Å². The van der Waals surface area contributed by atoms with Gasteiger partial charge in [0.2, 0.25) is 0 Å². The molecule has 100 valence electrons. The van der Waals surface area contributed by atoms with Crippen LogP contribution in [0.3, 0.4) is 0 Å². The normalized spacial score (nSPS) is 18.4. The van der Waals surface area contributed by atoms with Crippen LogP contribution in [0.4, 0.5) is 4.39 Å². The molecule has 1 aliphatic rings. The number of benzene rings is 1. The number of hydrogen-bond acceptors (Lipinski definition) is 1. The Kier molecular flexibility index (Phi) is 3.23. The van der Waals surface area contributed by atoms with E-state index >= 15 is 0 Å². The molecule has 1 aromatic carbocycles. The van der Waals surface area contributed by atoms with E-state index in [1.807, 2.05) is 23.6 Å². The Bertz CT molecular complexity index is 633. The Morgan fingerprint density at radius 2 is 2.16 bits per heavy atom. The summed E-state index contributed by atoms with van der Waals surface area (Å²) in [6, 6.07) is 7.37. The third-order valence-electron chi connectivity index (χ3n) is 3.80. The molecule has 0 bridgehead atoms. The molecule has 4 heteroatoms. The highest BCUT2D eigenvalue weighted by molar-refractivity contribution is 9.10. The molecule has 0 aliphatic heterocycles. The smallest absolute Gasteiger partial charge is 0.148 e. The van der Waals surface area contributed by atoms with Gasteiger partial charge in [-0.1, -0.05) is 15.9 Å². The van der Waals surface area contributed by atoms with Crippen LogP contribution in [0.15, 0.2) is 28.7 Å². The highest BCUT2D eigenvalue weighted by atomic mass is 79.9. The monoisotopic (exact) mass is 322 g/mol. The van der Waals surface area contributed by atoms with Crippen molar-refractivity contribution in [3.8, 4) is 5.69 Å². The molecular weight excluding hydrogens is 307 g/mol. The lowest BCUT2D eigenvalue weighted by Gasteiger charge is -2.21. The third kappa shape index (κ3) is 2.13. The molecule has 0 saturated heterocycles. The second kappa shape index (κ2) is 4.76. The Hall–Kier alpha value is -1.13. The average molecular weight is 323 g/mol. The predicted octanol–water partition coefficient (Wildman–Crippen LogP) is 4.02. The van der Waals surface area contributed by atoms with Crippen molar-refractivity contribution in [2.75, 3.05) is 0 Å². The van der Waals surface area contributed by atoms with Gasteiger partial charge in [-0.25, -0.2) is 4.39 Å². The highest BCUT2D eigenvalue weighted by Gasteiger charge is 2.23. The topological polar surface area (TPSA) is 30.9 Å². The second-order valence-electron chi connectivity index (χ2n) is 5.12. The molecule has 1 aliphatic carbocycles. The summed E-state index contributed by atoms with van der Waals surface area (Å²) in [4.78, 5) is 0. The summed E-state index contributed by atoms with van der Waals surface area (Å²) in [5, 5.41) is 0. The summed E-state index contributed by atoms with van der Waals surface area (Å²) < 4.78 is 16.9. The molecule has 1 unspecified atom stereocenters. The van der Waals surface area contributed by atoms with Crippen LogP contribution in [0.1, 0.15) is 35.8 Å². The Morgan fingerprint density at radius 1 is 1.37 bits per heavy atom. The largest absolute Gasteiger partial charge is 0.324 e. The van der Waals surface area contributed by atoms with E-state index in [9.17, 15) is 4.39 Å². The minimum atomic E-state index is -0.213. The van der Waals surface area contributed by atoms with Gasteiger partial charge in [0, 0.05) is 21.9 Å². The summed E-state index contributed by atoms with van der Waals surface area (Å²) in [7, 11) is 0. The van der Waals surface area contributed by atoms with Crippen LogP contribution in [-0.4, -0.2) is 4.57 Å². The minimum absolute atomic E-state index is 0.0854. The molecule has 0 saturated carbocycles. The van der Waals surface area contributed by atoms with Crippen molar-refractivity contribution < 1.29 is 4.39 Å². The van der Waals surface area contributed by atoms with Crippen molar-refractivity contribution in [1.29, 1.82) is 0 Å². The van der Waals surface area contributed by atoms with Gasteiger partial charge in [0.1, 0.15) is 5.82 Å². The molecule has 2 N–H and O–H groups in total. The first-order chi connectivity index (χ1) is 9.08. The molecule has 3 rings (SSSR count). The van der Waals surface area contributed by atoms with Gasteiger partial charge in [-0.3, -0.25) is 0 Å². The summed E-state index contributed by atoms with van der Waals surface area (Å²) in [6.07, 6.45) is 3.04. The molecule has 2 aromatic rings. The summed E-state index contributed by atoms with van der Waals surface area (Å²) in [6.45, 7) is 2.01. The van der Waals surface area contributed by atoms with Gasteiger partial charge in [-0.2, -0.15) is 0 Å². The minimum Gasteiger partial charge on any atom is -0.324 e. The highest BCUT2D eigenvalue weighted by Crippen LogP contribution is 2.33. The predicted molar refractivity (Wildman–Crippen MR) is 78.0 cm³/mol. The Labute approximate surface area is 120 Å². The van der Waals surface area contributed by atoms with Gasteiger partial charge >= 0.3 is 0 Å². The fraction of sp³-hybridized carbons (Fsp3) is 0.333. The van der Waals surface area contributed by atoms with Gasteiger partial charge in [0.05, 0.1) is 5.69 Å². The van der Waals surface area contributed by atoms with Crippen LogP contribution in [0.25, 0.3) is 5.69 Å². The maximum atomic E-state index is 14.2. The van der Waals surface area contributed by atoms with Crippen LogP contribution in [0.2, 0.25) is 0 Å². The van der Waals surface area contributed by atoms with Crippen LogP contribution >= 0.6 is 15.9 Å². The number of hydrogen-bond donors (Lipinski definition) is 1. The maximum Gasteiger partial charge on any atom is 0.148 e. The molecule has 19 heavy (non-hydrogen) atoms. The molecule has 0 fully saturated rings. The zero-order valence-electron chi connectivity index (χ0n) is 10.8. The van der Waals surface area contributed by atoms with E-state index < -0.39 is 0 Å². The van der Waals surface area contributed by atoms with E-state index in [0.29, 0.717) is 5.69 Å². The third-order valence-corrected chi connectivity index (χ3v) is 4.29. The summed E-state index contributed by atoms with van der Waals surface area (Å²) in [5.41, 5.74) is 10.1.